The Morgan fingerprint density at radius 3 is 2.81 bits per heavy atom. The molecule has 1 aliphatic carbocycles. The molecule has 1 aromatic heterocycles. The lowest BCUT2D eigenvalue weighted by Crippen LogP contribution is -2.50. The second-order valence-electron chi connectivity index (χ2n) is 9.26. The van der Waals surface area contributed by atoms with Crippen LogP contribution in [0.15, 0.2) is 36.7 Å². The zero-order chi connectivity index (χ0) is 25.2. The van der Waals surface area contributed by atoms with Crippen LogP contribution in [0.5, 0.6) is 11.5 Å². The van der Waals surface area contributed by atoms with Crippen molar-refractivity contribution in [3.63, 3.8) is 0 Å². The number of cyclic esters (lactones) is 1. The Morgan fingerprint density at radius 2 is 2.08 bits per heavy atom. The summed E-state index contributed by atoms with van der Waals surface area (Å²) in [6.07, 6.45) is 3.87. The van der Waals surface area contributed by atoms with Crippen LogP contribution in [0.25, 0.3) is 10.9 Å². The highest BCUT2D eigenvalue weighted by atomic mass is 35.5. The number of hydrogen-bond acceptors (Lipinski definition) is 8. The van der Waals surface area contributed by atoms with Crippen molar-refractivity contribution in [3.05, 3.63) is 47.5 Å². The minimum Gasteiger partial charge on any atom is -0.489 e. The van der Waals surface area contributed by atoms with Gasteiger partial charge >= 0.3 is 5.97 Å². The molecule has 2 atom stereocenters. The number of esters is 1. The molecule has 0 spiro atoms. The van der Waals surface area contributed by atoms with E-state index in [-0.39, 0.29) is 29.9 Å². The highest BCUT2D eigenvalue weighted by molar-refractivity contribution is 6.31. The summed E-state index contributed by atoms with van der Waals surface area (Å²) < 4.78 is 31.5. The van der Waals surface area contributed by atoms with Crippen LogP contribution in [0.1, 0.15) is 33.1 Å². The molecule has 1 N–H and O–H groups in total. The molecule has 2 fully saturated rings. The second-order valence-corrected chi connectivity index (χ2v) is 9.66. The van der Waals surface area contributed by atoms with Crippen LogP contribution in [-0.2, 0) is 9.53 Å². The van der Waals surface area contributed by atoms with Gasteiger partial charge in [0, 0.05) is 23.7 Å². The summed E-state index contributed by atoms with van der Waals surface area (Å²) in [6.45, 7) is 5.23. The summed E-state index contributed by atoms with van der Waals surface area (Å²) in [7, 11) is 0. The highest BCUT2D eigenvalue weighted by Crippen LogP contribution is 2.38. The van der Waals surface area contributed by atoms with Gasteiger partial charge in [-0.3, -0.25) is 9.69 Å². The normalized spacial score (nSPS) is 19.1. The first-order valence-electron chi connectivity index (χ1n) is 12.1. The van der Waals surface area contributed by atoms with E-state index in [2.05, 4.69) is 15.3 Å². The van der Waals surface area contributed by atoms with Crippen LogP contribution in [0, 0.1) is 11.7 Å². The summed E-state index contributed by atoms with van der Waals surface area (Å²) in [5, 5.41) is 3.91. The molecule has 1 saturated heterocycles. The number of fused-ring (bicyclic) bond motifs is 1. The number of morpholine rings is 1. The van der Waals surface area contributed by atoms with Crippen molar-refractivity contribution in [1.29, 1.82) is 0 Å². The Kier molecular flexibility index (Phi) is 7.11. The molecule has 36 heavy (non-hydrogen) atoms. The minimum absolute atomic E-state index is 0.0122. The number of anilines is 2. The first-order valence-corrected chi connectivity index (χ1v) is 12.5. The first kappa shape index (κ1) is 24.5. The molecular weight excluding hydrogens is 487 g/mol. The Bertz CT molecular complexity index is 1270. The largest absolute Gasteiger partial charge is 0.489 e. The van der Waals surface area contributed by atoms with Gasteiger partial charge in [-0.2, -0.15) is 0 Å². The van der Waals surface area contributed by atoms with E-state index in [9.17, 15) is 9.18 Å². The highest BCUT2D eigenvalue weighted by Gasteiger charge is 2.30. The summed E-state index contributed by atoms with van der Waals surface area (Å²) in [5.41, 5.74) is 1.26. The van der Waals surface area contributed by atoms with E-state index in [1.54, 1.807) is 6.07 Å². The monoisotopic (exact) mass is 514 g/mol. The van der Waals surface area contributed by atoms with Crippen molar-refractivity contribution in [2.45, 2.75) is 45.4 Å². The molecule has 8 nitrogen and oxygen atoms in total. The van der Waals surface area contributed by atoms with Gasteiger partial charge in [0.05, 0.1) is 23.7 Å². The van der Waals surface area contributed by atoms with Crippen LogP contribution in [-0.4, -0.2) is 52.9 Å². The van der Waals surface area contributed by atoms with Gasteiger partial charge in [-0.25, -0.2) is 14.4 Å². The smallest absolute Gasteiger partial charge is 0.320 e. The number of rotatable bonds is 9. The summed E-state index contributed by atoms with van der Waals surface area (Å²) >= 11 is 5.96. The molecular formula is C26H28ClFN4O4. The third-order valence-corrected chi connectivity index (χ3v) is 6.52. The van der Waals surface area contributed by atoms with Crippen molar-refractivity contribution < 1.29 is 23.4 Å². The second kappa shape index (κ2) is 10.4. The SMILES string of the molecule is CCC(Oc1cc2c(Nc3ccc(F)c(Cl)c3)ncnc2cc1OCC1CC1)N1CC(=O)OC(C)C1. The average molecular weight is 515 g/mol. The molecule has 10 heteroatoms. The van der Waals surface area contributed by atoms with E-state index in [1.165, 1.54) is 18.5 Å². The number of carbonyl (C=O) groups excluding carboxylic acids is 1. The van der Waals surface area contributed by atoms with Crippen molar-refractivity contribution in [1.82, 2.24) is 14.9 Å². The number of hydrogen-bond donors (Lipinski definition) is 1. The number of nitrogens with one attached hydrogen (secondary N) is 1. The summed E-state index contributed by atoms with van der Waals surface area (Å²) in [4.78, 5) is 22.8. The van der Waals surface area contributed by atoms with Crippen LogP contribution in [0.3, 0.4) is 0 Å². The van der Waals surface area contributed by atoms with E-state index in [0.29, 0.717) is 59.4 Å². The van der Waals surface area contributed by atoms with E-state index in [4.69, 9.17) is 25.8 Å². The standard InChI is InChI=1S/C26H28ClFN4O4/c1-3-24(32-11-15(2)35-25(33)12-32)36-23-9-18-21(10-22(23)34-13-16-4-5-16)29-14-30-26(18)31-17-6-7-20(28)19(27)8-17/h6-10,14-16,24H,3-5,11-13H2,1-2H3,(H,29,30,31). The van der Waals surface area contributed by atoms with Gasteiger partial charge in [-0.05, 0) is 56.4 Å². The molecule has 2 heterocycles. The number of ether oxygens (including phenoxy) is 3. The van der Waals surface area contributed by atoms with Gasteiger partial charge in [-0.15, -0.1) is 0 Å². The van der Waals surface area contributed by atoms with Gasteiger partial charge in [0.25, 0.3) is 0 Å². The predicted octanol–water partition coefficient (Wildman–Crippen LogP) is 5.32. The number of carbonyl (C=O) groups is 1. The lowest BCUT2D eigenvalue weighted by molar-refractivity contribution is -0.163. The van der Waals surface area contributed by atoms with Gasteiger partial charge in [-0.1, -0.05) is 18.5 Å². The third-order valence-electron chi connectivity index (χ3n) is 6.23. The maximum atomic E-state index is 13.6. The maximum absolute atomic E-state index is 13.6. The Morgan fingerprint density at radius 1 is 1.25 bits per heavy atom. The average Bonchev–Trinajstić information content (AvgIpc) is 3.67. The van der Waals surface area contributed by atoms with Crippen LogP contribution < -0.4 is 14.8 Å². The van der Waals surface area contributed by atoms with E-state index < -0.39 is 5.82 Å². The number of benzene rings is 2. The molecule has 5 rings (SSSR count). The van der Waals surface area contributed by atoms with Crippen LogP contribution in [0.4, 0.5) is 15.9 Å². The number of nitrogens with zero attached hydrogens (tertiary/aromatic N) is 3. The lowest BCUT2D eigenvalue weighted by Gasteiger charge is -2.36. The number of halogens is 2. The van der Waals surface area contributed by atoms with Gasteiger partial charge < -0.3 is 19.5 Å². The minimum atomic E-state index is -0.496. The van der Waals surface area contributed by atoms with E-state index in [1.807, 2.05) is 30.9 Å². The Balaban J connectivity index is 1.49. The van der Waals surface area contributed by atoms with Crippen molar-refractivity contribution in [2.75, 3.05) is 25.0 Å². The fourth-order valence-electron chi connectivity index (χ4n) is 4.21. The zero-order valence-electron chi connectivity index (χ0n) is 20.2. The maximum Gasteiger partial charge on any atom is 0.320 e. The van der Waals surface area contributed by atoms with Crippen molar-refractivity contribution >= 4 is 40.0 Å². The molecule has 3 aromatic rings. The van der Waals surface area contributed by atoms with E-state index in [0.717, 1.165) is 12.8 Å². The quantitative estimate of drug-likeness (QED) is 0.384. The third kappa shape index (κ3) is 5.63. The molecule has 190 valence electrons. The van der Waals surface area contributed by atoms with Crippen molar-refractivity contribution in [2.24, 2.45) is 5.92 Å². The van der Waals surface area contributed by atoms with Crippen molar-refractivity contribution in [3.8, 4) is 11.5 Å². The topological polar surface area (TPSA) is 85.8 Å². The molecule has 1 aliphatic heterocycles. The van der Waals surface area contributed by atoms with Crippen LogP contribution in [0.2, 0.25) is 5.02 Å². The molecule has 1 saturated carbocycles. The molecule has 0 radical (unpaired) electrons. The van der Waals surface area contributed by atoms with Gasteiger partial charge in [0.1, 0.15) is 24.1 Å². The van der Waals surface area contributed by atoms with Crippen LogP contribution >= 0.6 is 11.6 Å². The molecule has 2 unspecified atom stereocenters. The predicted molar refractivity (Wildman–Crippen MR) is 134 cm³/mol. The molecule has 0 bridgehead atoms. The summed E-state index contributed by atoms with van der Waals surface area (Å²) in [6, 6.07) is 8.07. The fraction of sp³-hybridized carbons (Fsp3) is 0.423. The Labute approximate surface area is 213 Å². The lowest BCUT2D eigenvalue weighted by atomic mass is 10.2. The van der Waals surface area contributed by atoms with E-state index >= 15 is 0 Å². The van der Waals surface area contributed by atoms with Gasteiger partial charge in [0.15, 0.2) is 17.7 Å². The first-order chi connectivity index (χ1) is 17.4. The molecule has 0 amide bonds. The number of aromatic nitrogens is 2. The fourth-order valence-corrected chi connectivity index (χ4v) is 4.39. The zero-order valence-corrected chi connectivity index (χ0v) is 20.9. The molecule has 2 aliphatic rings. The Hall–Kier alpha value is -3.17. The summed E-state index contributed by atoms with van der Waals surface area (Å²) in [5.74, 6) is 1.44. The van der Waals surface area contributed by atoms with Gasteiger partial charge in [0.2, 0.25) is 0 Å². The molecule has 2 aromatic carbocycles.